The molecule has 1 aromatic heterocycles. The quantitative estimate of drug-likeness (QED) is 0.444. The number of amides is 1. The lowest BCUT2D eigenvalue weighted by Crippen LogP contribution is -2.48. The van der Waals surface area contributed by atoms with Crippen LogP contribution >= 0.6 is 27.3 Å². The van der Waals surface area contributed by atoms with Crippen LogP contribution in [0.1, 0.15) is 49.7 Å². The smallest absolute Gasteiger partial charge is 0.410 e. The molecule has 152 valence electrons. The summed E-state index contributed by atoms with van der Waals surface area (Å²) in [7, 11) is 0. The lowest BCUT2D eigenvalue weighted by Gasteiger charge is -2.34. The van der Waals surface area contributed by atoms with Gasteiger partial charge in [-0.05, 0) is 48.7 Å². The van der Waals surface area contributed by atoms with E-state index in [-0.39, 0.29) is 30.8 Å². The molecule has 1 unspecified atom stereocenters. The van der Waals surface area contributed by atoms with E-state index in [1.807, 2.05) is 19.9 Å². The molecule has 2 rings (SSSR count). The number of hydrogen-bond donors (Lipinski definition) is 1. The van der Waals surface area contributed by atoms with Gasteiger partial charge in [-0.1, -0.05) is 0 Å². The van der Waals surface area contributed by atoms with E-state index in [4.69, 9.17) is 14.2 Å². The minimum atomic E-state index is -0.940. The minimum absolute atomic E-state index is 0.0661. The van der Waals surface area contributed by atoms with Gasteiger partial charge in [0.2, 0.25) is 0 Å². The Morgan fingerprint density at radius 3 is 2.93 bits per heavy atom. The molecular weight excluding hydrogens is 438 g/mol. The van der Waals surface area contributed by atoms with Crippen molar-refractivity contribution in [3.05, 3.63) is 20.3 Å². The number of carbonyl (C=O) groups is 2. The standard InChI is InChI=1S/C18H26BrNO6S/c1-11(2)26-17(22)16-9-14(19)15(27-16)5-4-7-20-13(10-25-12(3)21)6-8-24-18(20)23/h9,11,13,17,22H,4-8,10H2,1-3H3/t13-,17?/m1/s1. The number of aliphatic hydroxyl groups is 1. The van der Waals surface area contributed by atoms with Crippen LogP contribution in [0.4, 0.5) is 4.79 Å². The molecule has 2 heterocycles. The molecule has 2 atom stereocenters. The SMILES string of the molecule is CC(=O)OC[C@H]1CCOC(=O)N1CCCc1sc(C(O)OC(C)C)cc1Br. The predicted octanol–water partition coefficient (Wildman–Crippen LogP) is 3.63. The molecule has 0 saturated carbocycles. The third-order valence-electron chi connectivity index (χ3n) is 4.05. The Balaban J connectivity index is 1.90. The van der Waals surface area contributed by atoms with Gasteiger partial charge in [0.25, 0.3) is 0 Å². The first-order valence-corrected chi connectivity index (χ1v) is 10.6. The predicted molar refractivity (Wildman–Crippen MR) is 105 cm³/mol. The number of cyclic esters (lactones) is 1. The maximum Gasteiger partial charge on any atom is 0.410 e. The van der Waals surface area contributed by atoms with E-state index < -0.39 is 6.29 Å². The Hall–Kier alpha value is -1.16. The van der Waals surface area contributed by atoms with Crippen molar-refractivity contribution in [3.63, 3.8) is 0 Å². The van der Waals surface area contributed by atoms with Crippen LogP contribution in [0, 0.1) is 0 Å². The van der Waals surface area contributed by atoms with Crippen molar-refractivity contribution in [2.24, 2.45) is 0 Å². The summed E-state index contributed by atoms with van der Waals surface area (Å²) in [5.41, 5.74) is 0. The van der Waals surface area contributed by atoms with Gasteiger partial charge in [-0.3, -0.25) is 4.79 Å². The summed E-state index contributed by atoms with van der Waals surface area (Å²) in [5.74, 6) is -0.355. The summed E-state index contributed by atoms with van der Waals surface area (Å²) >= 11 is 5.01. The highest BCUT2D eigenvalue weighted by molar-refractivity contribution is 9.10. The van der Waals surface area contributed by atoms with E-state index in [9.17, 15) is 14.7 Å². The van der Waals surface area contributed by atoms with Gasteiger partial charge in [0.05, 0.1) is 23.6 Å². The number of rotatable bonds is 9. The number of esters is 1. The van der Waals surface area contributed by atoms with Crippen LogP contribution in [-0.4, -0.2) is 54.0 Å². The van der Waals surface area contributed by atoms with Crippen LogP contribution in [0.2, 0.25) is 0 Å². The molecule has 27 heavy (non-hydrogen) atoms. The van der Waals surface area contributed by atoms with E-state index in [2.05, 4.69) is 15.9 Å². The van der Waals surface area contributed by atoms with Gasteiger partial charge in [0, 0.05) is 29.2 Å². The van der Waals surface area contributed by atoms with Crippen LogP contribution in [0.25, 0.3) is 0 Å². The molecule has 9 heteroatoms. The van der Waals surface area contributed by atoms with Gasteiger partial charge >= 0.3 is 12.1 Å². The highest BCUT2D eigenvalue weighted by Crippen LogP contribution is 2.33. The average Bonchev–Trinajstić information content (AvgIpc) is 2.95. The van der Waals surface area contributed by atoms with Crippen molar-refractivity contribution < 1.29 is 28.9 Å². The van der Waals surface area contributed by atoms with Crippen molar-refractivity contribution in [3.8, 4) is 0 Å². The van der Waals surface area contributed by atoms with Gasteiger partial charge < -0.3 is 24.2 Å². The molecule has 0 aromatic carbocycles. The molecular formula is C18H26BrNO6S. The molecule has 1 aliphatic heterocycles. The summed E-state index contributed by atoms with van der Waals surface area (Å²) in [4.78, 5) is 26.6. The summed E-state index contributed by atoms with van der Waals surface area (Å²) in [6.07, 6.45) is 0.735. The van der Waals surface area contributed by atoms with E-state index in [0.29, 0.717) is 19.6 Å². The number of thiophene rings is 1. The molecule has 7 nitrogen and oxygen atoms in total. The van der Waals surface area contributed by atoms with Crippen LogP contribution in [-0.2, 0) is 25.4 Å². The molecule has 0 bridgehead atoms. The Morgan fingerprint density at radius 1 is 1.52 bits per heavy atom. The molecule has 1 fully saturated rings. The molecule has 1 saturated heterocycles. The zero-order valence-corrected chi connectivity index (χ0v) is 18.2. The number of aliphatic hydroxyl groups excluding tert-OH is 1. The van der Waals surface area contributed by atoms with Crippen molar-refractivity contribution in [2.75, 3.05) is 19.8 Å². The molecule has 1 aliphatic rings. The van der Waals surface area contributed by atoms with E-state index in [0.717, 1.165) is 27.1 Å². The maximum atomic E-state index is 12.1. The molecule has 0 aliphatic carbocycles. The highest BCUT2D eigenvalue weighted by Gasteiger charge is 2.30. The van der Waals surface area contributed by atoms with E-state index >= 15 is 0 Å². The van der Waals surface area contributed by atoms with Gasteiger partial charge in [0.1, 0.15) is 6.61 Å². The van der Waals surface area contributed by atoms with Crippen molar-refractivity contribution in [1.82, 2.24) is 4.90 Å². The first-order chi connectivity index (χ1) is 12.8. The maximum absolute atomic E-state index is 12.1. The van der Waals surface area contributed by atoms with Crippen LogP contribution < -0.4 is 0 Å². The Bertz CT molecular complexity index is 650. The molecule has 1 amide bonds. The van der Waals surface area contributed by atoms with Crippen molar-refractivity contribution >= 4 is 39.3 Å². The first kappa shape index (κ1) is 22.1. The summed E-state index contributed by atoms with van der Waals surface area (Å²) < 4.78 is 16.5. The largest absolute Gasteiger partial charge is 0.464 e. The highest BCUT2D eigenvalue weighted by atomic mass is 79.9. The fraction of sp³-hybridized carbons (Fsp3) is 0.667. The fourth-order valence-corrected chi connectivity index (χ4v) is 4.64. The van der Waals surface area contributed by atoms with E-state index in [1.165, 1.54) is 18.3 Å². The zero-order valence-electron chi connectivity index (χ0n) is 15.8. The summed E-state index contributed by atoms with van der Waals surface area (Å²) in [6, 6.07) is 1.71. The lowest BCUT2D eigenvalue weighted by atomic mass is 10.1. The lowest BCUT2D eigenvalue weighted by molar-refractivity contribution is -0.143. The monoisotopic (exact) mass is 463 g/mol. The second-order valence-electron chi connectivity index (χ2n) is 6.61. The summed E-state index contributed by atoms with van der Waals surface area (Å²) in [6.45, 7) is 6.14. The number of halogens is 1. The van der Waals surface area contributed by atoms with Gasteiger partial charge in [0.15, 0.2) is 6.29 Å². The second kappa shape index (κ2) is 10.4. The summed E-state index contributed by atoms with van der Waals surface area (Å²) in [5, 5.41) is 10.1. The Morgan fingerprint density at radius 2 is 2.26 bits per heavy atom. The third-order valence-corrected chi connectivity index (χ3v) is 6.25. The van der Waals surface area contributed by atoms with E-state index in [1.54, 1.807) is 4.90 Å². The molecule has 0 spiro atoms. The third kappa shape index (κ3) is 6.74. The minimum Gasteiger partial charge on any atom is -0.464 e. The zero-order chi connectivity index (χ0) is 20.0. The topological polar surface area (TPSA) is 85.3 Å². The van der Waals surface area contributed by atoms with Gasteiger partial charge in [-0.15, -0.1) is 11.3 Å². The average molecular weight is 464 g/mol. The van der Waals surface area contributed by atoms with Gasteiger partial charge in [-0.2, -0.15) is 0 Å². The molecule has 0 radical (unpaired) electrons. The normalized spacial score (nSPS) is 18.5. The molecule has 1 aromatic rings. The number of aryl methyl sites for hydroxylation is 1. The number of ether oxygens (including phenoxy) is 3. The molecule has 1 N–H and O–H groups in total. The first-order valence-electron chi connectivity index (χ1n) is 8.96. The number of carbonyl (C=O) groups excluding carboxylic acids is 2. The number of nitrogens with zero attached hydrogens (tertiary/aromatic N) is 1. The second-order valence-corrected chi connectivity index (χ2v) is 8.64. The van der Waals surface area contributed by atoms with Crippen LogP contribution in [0.3, 0.4) is 0 Å². The van der Waals surface area contributed by atoms with Crippen LogP contribution in [0.15, 0.2) is 10.5 Å². The Labute approximate surface area is 171 Å². The van der Waals surface area contributed by atoms with Crippen molar-refractivity contribution in [1.29, 1.82) is 0 Å². The Kier molecular flexibility index (Phi) is 8.53. The van der Waals surface area contributed by atoms with Gasteiger partial charge in [-0.25, -0.2) is 4.79 Å². The fourth-order valence-electron chi connectivity index (χ4n) is 2.78. The van der Waals surface area contributed by atoms with Crippen LogP contribution in [0.5, 0.6) is 0 Å². The van der Waals surface area contributed by atoms with Crippen molar-refractivity contribution in [2.45, 2.75) is 58.5 Å². The number of hydrogen-bond acceptors (Lipinski definition) is 7.